The number of rotatable bonds is 6. The van der Waals surface area contributed by atoms with Crippen molar-refractivity contribution in [2.45, 2.75) is 26.4 Å². The van der Waals surface area contributed by atoms with Crippen LogP contribution in [0.2, 0.25) is 0 Å². The maximum atomic E-state index is 12.4. The molecule has 0 bridgehead atoms. The molecule has 1 aliphatic heterocycles. The maximum Gasteiger partial charge on any atom is 0.261 e. The summed E-state index contributed by atoms with van der Waals surface area (Å²) in [6.07, 6.45) is 0.518. The van der Waals surface area contributed by atoms with Crippen LogP contribution >= 0.6 is 11.3 Å². The average Bonchev–Trinajstić information content (AvgIpc) is 3.38. The molecule has 0 saturated carbocycles. The SMILES string of the molecule is CC(=O)c1ccc(C(=O)NC[C@H]2Cc3cc(-c4ccccc4C(C)=O)ccc3O2)s1. The van der Waals surface area contributed by atoms with Crippen LogP contribution in [0.5, 0.6) is 5.75 Å². The van der Waals surface area contributed by atoms with Crippen molar-refractivity contribution in [1.82, 2.24) is 5.32 Å². The number of Topliss-reactive ketones (excluding diaryl/α,β-unsaturated/α-hetero) is 2. The van der Waals surface area contributed by atoms with Crippen LogP contribution in [0.15, 0.2) is 54.6 Å². The summed E-state index contributed by atoms with van der Waals surface area (Å²) in [7, 11) is 0. The topological polar surface area (TPSA) is 72.5 Å². The second-order valence-electron chi connectivity index (χ2n) is 7.30. The molecule has 2 heterocycles. The van der Waals surface area contributed by atoms with Gasteiger partial charge in [0.05, 0.1) is 16.3 Å². The number of hydrogen-bond acceptors (Lipinski definition) is 5. The highest BCUT2D eigenvalue weighted by Crippen LogP contribution is 2.34. The van der Waals surface area contributed by atoms with Gasteiger partial charge in [-0.2, -0.15) is 0 Å². The molecule has 1 aliphatic rings. The van der Waals surface area contributed by atoms with Gasteiger partial charge in [0.2, 0.25) is 0 Å². The van der Waals surface area contributed by atoms with Gasteiger partial charge in [0, 0.05) is 12.0 Å². The second kappa shape index (κ2) is 8.24. The Hall–Kier alpha value is -3.25. The Labute approximate surface area is 178 Å². The summed E-state index contributed by atoms with van der Waals surface area (Å²) in [5.41, 5.74) is 3.63. The Balaban J connectivity index is 1.43. The number of carbonyl (C=O) groups is 3. The third-order valence-corrected chi connectivity index (χ3v) is 6.27. The zero-order valence-electron chi connectivity index (χ0n) is 16.7. The molecule has 152 valence electrons. The molecule has 6 heteroatoms. The molecule has 0 unspecified atom stereocenters. The van der Waals surface area contributed by atoms with Crippen molar-refractivity contribution in [3.05, 3.63) is 75.5 Å². The van der Waals surface area contributed by atoms with E-state index in [1.54, 1.807) is 19.1 Å². The minimum Gasteiger partial charge on any atom is -0.488 e. The molecule has 1 atom stereocenters. The average molecular weight is 420 g/mol. The second-order valence-corrected chi connectivity index (χ2v) is 8.38. The van der Waals surface area contributed by atoms with Crippen molar-refractivity contribution in [3.63, 3.8) is 0 Å². The van der Waals surface area contributed by atoms with E-state index < -0.39 is 0 Å². The highest BCUT2D eigenvalue weighted by atomic mass is 32.1. The van der Waals surface area contributed by atoms with Crippen molar-refractivity contribution in [2.75, 3.05) is 6.54 Å². The van der Waals surface area contributed by atoms with Crippen LogP contribution in [-0.2, 0) is 6.42 Å². The van der Waals surface area contributed by atoms with Gasteiger partial charge in [0.25, 0.3) is 5.91 Å². The van der Waals surface area contributed by atoms with E-state index in [9.17, 15) is 14.4 Å². The molecule has 0 spiro atoms. The Morgan fingerprint density at radius 1 is 1.00 bits per heavy atom. The number of thiophene rings is 1. The quantitative estimate of drug-likeness (QED) is 0.595. The minimum absolute atomic E-state index is 0.0319. The summed E-state index contributed by atoms with van der Waals surface area (Å²) >= 11 is 1.19. The third kappa shape index (κ3) is 4.04. The largest absolute Gasteiger partial charge is 0.488 e. The zero-order chi connectivity index (χ0) is 21.3. The smallest absolute Gasteiger partial charge is 0.261 e. The van der Waals surface area contributed by atoms with E-state index in [1.807, 2.05) is 36.4 Å². The molecule has 0 aliphatic carbocycles. The van der Waals surface area contributed by atoms with Crippen molar-refractivity contribution < 1.29 is 19.1 Å². The number of benzene rings is 2. The van der Waals surface area contributed by atoms with Gasteiger partial charge >= 0.3 is 0 Å². The summed E-state index contributed by atoms with van der Waals surface area (Å²) in [6, 6.07) is 16.8. The molecular weight excluding hydrogens is 398 g/mol. The molecule has 0 radical (unpaired) electrons. The zero-order valence-corrected chi connectivity index (χ0v) is 17.5. The number of carbonyl (C=O) groups excluding carboxylic acids is 3. The van der Waals surface area contributed by atoms with Crippen LogP contribution in [0.4, 0.5) is 0 Å². The molecule has 3 aromatic rings. The molecule has 2 aromatic carbocycles. The minimum atomic E-state index is -0.205. The summed E-state index contributed by atoms with van der Waals surface area (Å²) in [4.78, 5) is 36.8. The monoisotopic (exact) mass is 419 g/mol. The summed E-state index contributed by atoms with van der Waals surface area (Å²) in [6.45, 7) is 3.43. The predicted octanol–water partition coefficient (Wildman–Crippen LogP) is 4.55. The fourth-order valence-corrected chi connectivity index (χ4v) is 4.40. The van der Waals surface area contributed by atoms with Gasteiger partial charge < -0.3 is 10.1 Å². The van der Waals surface area contributed by atoms with E-state index in [4.69, 9.17) is 4.74 Å². The van der Waals surface area contributed by atoms with Crippen LogP contribution in [-0.4, -0.2) is 30.1 Å². The van der Waals surface area contributed by atoms with E-state index in [2.05, 4.69) is 11.4 Å². The normalized spacial score (nSPS) is 14.7. The van der Waals surface area contributed by atoms with Crippen LogP contribution < -0.4 is 10.1 Å². The molecule has 5 nitrogen and oxygen atoms in total. The molecule has 30 heavy (non-hydrogen) atoms. The number of ketones is 2. The fourth-order valence-electron chi connectivity index (χ4n) is 3.59. The first-order valence-corrected chi connectivity index (χ1v) is 10.5. The maximum absolute atomic E-state index is 12.4. The first-order chi connectivity index (χ1) is 14.4. The van der Waals surface area contributed by atoms with Crippen LogP contribution in [0.3, 0.4) is 0 Å². The van der Waals surface area contributed by atoms with E-state index in [1.165, 1.54) is 18.3 Å². The standard InChI is InChI=1S/C24H21NO4S/c1-14(26)19-5-3-4-6-20(19)16-7-8-21-17(11-16)12-18(29-21)13-25-24(28)23-10-9-22(30-23)15(2)27/h3-11,18H,12-13H2,1-2H3,(H,25,28)/t18-/m1/s1. The summed E-state index contributed by atoms with van der Waals surface area (Å²) < 4.78 is 5.97. The molecular formula is C24H21NO4S. The van der Waals surface area contributed by atoms with Crippen LogP contribution in [0.1, 0.15) is 49.1 Å². The van der Waals surface area contributed by atoms with Gasteiger partial charge in [0.1, 0.15) is 11.9 Å². The lowest BCUT2D eigenvalue weighted by molar-refractivity contribution is 0.0936. The number of fused-ring (bicyclic) bond motifs is 1. The van der Waals surface area contributed by atoms with Gasteiger partial charge in [-0.15, -0.1) is 11.3 Å². The molecule has 4 rings (SSSR count). The van der Waals surface area contributed by atoms with Gasteiger partial charge in [-0.05, 0) is 54.8 Å². The lowest BCUT2D eigenvalue weighted by Crippen LogP contribution is -2.34. The lowest BCUT2D eigenvalue weighted by atomic mass is 9.95. The summed E-state index contributed by atoms with van der Waals surface area (Å²) in [5.74, 6) is 0.580. The third-order valence-electron chi connectivity index (χ3n) is 5.09. The van der Waals surface area contributed by atoms with Gasteiger partial charge in [-0.1, -0.05) is 30.3 Å². The number of amides is 1. The number of hydrogen-bond donors (Lipinski definition) is 1. The highest BCUT2D eigenvalue weighted by molar-refractivity contribution is 7.15. The van der Waals surface area contributed by atoms with E-state index in [0.717, 1.165) is 22.4 Å². The van der Waals surface area contributed by atoms with Crippen molar-refractivity contribution >= 4 is 28.8 Å². The Morgan fingerprint density at radius 2 is 1.77 bits per heavy atom. The van der Waals surface area contributed by atoms with Crippen molar-refractivity contribution in [2.24, 2.45) is 0 Å². The van der Waals surface area contributed by atoms with E-state index >= 15 is 0 Å². The Morgan fingerprint density at radius 3 is 2.50 bits per heavy atom. The first-order valence-electron chi connectivity index (χ1n) is 9.71. The first kappa shape index (κ1) is 20.0. The molecule has 1 amide bonds. The van der Waals surface area contributed by atoms with Crippen molar-refractivity contribution in [1.29, 1.82) is 0 Å². The van der Waals surface area contributed by atoms with E-state index in [-0.39, 0.29) is 23.6 Å². The molecule has 0 fully saturated rings. The lowest BCUT2D eigenvalue weighted by Gasteiger charge is -2.11. The Kier molecular flexibility index (Phi) is 5.50. The van der Waals surface area contributed by atoms with Crippen LogP contribution in [0, 0.1) is 0 Å². The number of ether oxygens (including phenoxy) is 1. The Bertz CT molecular complexity index is 1150. The fraction of sp³-hybridized carbons (Fsp3) is 0.208. The predicted molar refractivity (Wildman–Crippen MR) is 117 cm³/mol. The van der Waals surface area contributed by atoms with E-state index in [0.29, 0.717) is 28.3 Å². The number of nitrogens with one attached hydrogen (secondary N) is 1. The molecule has 1 N–H and O–H groups in total. The van der Waals surface area contributed by atoms with Crippen molar-refractivity contribution in [3.8, 4) is 16.9 Å². The van der Waals surface area contributed by atoms with Gasteiger partial charge in [-0.25, -0.2) is 0 Å². The van der Waals surface area contributed by atoms with Gasteiger partial charge in [-0.3, -0.25) is 14.4 Å². The van der Waals surface area contributed by atoms with Crippen LogP contribution in [0.25, 0.3) is 11.1 Å². The van der Waals surface area contributed by atoms with Gasteiger partial charge in [0.15, 0.2) is 11.6 Å². The summed E-state index contributed by atoms with van der Waals surface area (Å²) in [5, 5.41) is 2.89. The molecule has 0 saturated heterocycles. The highest BCUT2D eigenvalue weighted by Gasteiger charge is 2.24. The molecule has 1 aromatic heterocycles.